The highest BCUT2D eigenvalue weighted by molar-refractivity contribution is 5.66. The Bertz CT molecular complexity index is 405. The number of aliphatic carboxylic acids is 1. The molecule has 1 aromatic rings. The molecule has 1 aliphatic rings. The maximum absolute atomic E-state index is 10.4. The molecular formula is C12H19N3O3. The van der Waals surface area contributed by atoms with Gasteiger partial charge in [-0.1, -0.05) is 12.1 Å². The van der Waals surface area contributed by atoms with Crippen LogP contribution in [0.2, 0.25) is 0 Å². The minimum atomic E-state index is -0.839. The first-order chi connectivity index (χ1) is 8.69. The molecule has 1 aliphatic heterocycles. The summed E-state index contributed by atoms with van der Waals surface area (Å²) in [6, 6.07) is 0.489. The highest BCUT2D eigenvalue weighted by atomic mass is 16.5. The van der Waals surface area contributed by atoms with Crippen molar-refractivity contribution in [3.05, 3.63) is 11.7 Å². The van der Waals surface area contributed by atoms with Gasteiger partial charge in [0.15, 0.2) is 5.82 Å². The second kappa shape index (κ2) is 5.95. The molecule has 1 fully saturated rings. The summed E-state index contributed by atoms with van der Waals surface area (Å²) in [6.07, 6.45) is 3.54. The summed E-state index contributed by atoms with van der Waals surface area (Å²) >= 11 is 0. The molecule has 0 radical (unpaired) electrons. The number of likely N-dealkylation sites (N-methyl/N-ethyl adjacent to an activating group) is 1. The van der Waals surface area contributed by atoms with Crippen LogP contribution in [0.25, 0.3) is 0 Å². The van der Waals surface area contributed by atoms with E-state index in [-0.39, 0.29) is 6.42 Å². The Morgan fingerprint density at radius 1 is 1.61 bits per heavy atom. The molecule has 100 valence electrons. The van der Waals surface area contributed by atoms with Gasteiger partial charge in [-0.15, -0.1) is 0 Å². The van der Waals surface area contributed by atoms with Crippen LogP contribution in [0.3, 0.4) is 0 Å². The lowest BCUT2D eigenvalue weighted by Gasteiger charge is -2.20. The molecule has 1 saturated heterocycles. The topological polar surface area (TPSA) is 79.5 Å². The predicted molar refractivity (Wildman–Crippen MR) is 64.2 cm³/mol. The van der Waals surface area contributed by atoms with Crippen LogP contribution in [0.15, 0.2) is 4.52 Å². The van der Waals surface area contributed by atoms with Crippen molar-refractivity contribution in [3.8, 4) is 0 Å². The number of nitrogens with zero attached hydrogens (tertiary/aromatic N) is 3. The molecule has 1 N–H and O–H groups in total. The van der Waals surface area contributed by atoms with Gasteiger partial charge in [-0.3, -0.25) is 4.79 Å². The van der Waals surface area contributed by atoms with Crippen LogP contribution >= 0.6 is 0 Å². The average Bonchev–Trinajstić information content (AvgIpc) is 2.96. The van der Waals surface area contributed by atoms with Gasteiger partial charge in [0.25, 0.3) is 0 Å². The summed E-state index contributed by atoms with van der Waals surface area (Å²) in [5.74, 6) is 0.281. The van der Waals surface area contributed by atoms with E-state index in [1.54, 1.807) is 0 Å². The number of carboxylic acids is 1. The van der Waals surface area contributed by atoms with Crippen molar-refractivity contribution in [3.63, 3.8) is 0 Å². The van der Waals surface area contributed by atoms with Crippen molar-refractivity contribution >= 4 is 5.97 Å². The zero-order valence-electron chi connectivity index (χ0n) is 10.6. The molecule has 18 heavy (non-hydrogen) atoms. The third-order valence-electron chi connectivity index (χ3n) is 3.39. The lowest BCUT2D eigenvalue weighted by atomic mass is 10.1. The molecular weight excluding hydrogens is 234 g/mol. The zero-order valence-corrected chi connectivity index (χ0v) is 10.6. The summed E-state index contributed by atoms with van der Waals surface area (Å²) in [7, 11) is 0. The van der Waals surface area contributed by atoms with E-state index in [1.165, 1.54) is 12.8 Å². The summed E-state index contributed by atoms with van der Waals surface area (Å²) in [5.41, 5.74) is 0. The molecule has 1 unspecified atom stereocenters. The van der Waals surface area contributed by atoms with E-state index >= 15 is 0 Å². The Hall–Kier alpha value is -1.43. The highest BCUT2D eigenvalue weighted by Crippen LogP contribution is 2.20. The molecule has 6 nitrogen and oxygen atoms in total. The van der Waals surface area contributed by atoms with Crippen LogP contribution in [-0.4, -0.2) is 45.2 Å². The molecule has 0 amide bonds. The Morgan fingerprint density at radius 2 is 2.44 bits per heavy atom. The van der Waals surface area contributed by atoms with Crippen LogP contribution < -0.4 is 0 Å². The van der Waals surface area contributed by atoms with Crippen molar-refractivity contribution in [1.29, 1.82) is 0 Å². The van der Waals surface area contributed by atoms with Gasteiger partial charge in [0.05, 0.1) is 6.42 Å². The summed E-state index contributed by atoms with van der Waals surface area (Å²) < 4.78 is 5.17. The van der Waals surface area contributed by atoms with Crippen molar-refractivity contribution in [2.24, 2.45) is 0 Å². The third-order valence-corrected chi connectivity index (χ3v) is 3.39. The summed E-state index contributed by atoms with van der Waals surface area (Å²) in [5, 5.41) is 12.4. The number of hydrogen-bond donors (Lipinski definition) is 1. The maximum Gasteiger partial charge on any atom is 0.303 e. The first kappa shape index (κ1) is 13.0. The van der Waals surface area contributed by atoms with Gasteiger partial charge in [-0.2, -0.15) is 4.98 Å². The summed E-state index contributed by atoms with van der Waals surface area (Å²) in [4.78, 5) is 17.1. The minimum Gasteiger partial charge on any atom is -0.481 e. The van der Waals surface area contributed by atoms with E-state index in [1.807, 2.05) is 0 Å². The highest BCUT2D eigenvalue weighted by Gasteiger charge is 2.25. The number of carbonyl (C=O) groups is 1. The summed E-state index contributed by atoms with van der Waals surface area (Å²) in [6.45, 7) is 4.34. The molecule has 6 heteroatoms. The zero-order chi connectivity index (χ0) is 13.0. The fourth-order valence-electron chi connectivity index (χ4n) is 2.44. The second-order valence-corrected chi connectivity index (χ2v) is 4.63. The fourth-order valence-corrected chi connectivity index (χ4v) is 2.44. The quantitative estimate of drug-likeness (QED) is 0.818. The lowest BCUT2D eigenvalue weighted by molar-refractivity contribution is -0.137. The largest absolute Gasteiger partial charge is 0.481 e. The van der Waals surface area contributed by atoms with Crippen molar-refractivity contribution in [1.82, 2.24) is 15.0 Å². The number of carboxylic acid groups (broad SMARTS) is 1. The number of aryl methyl sites for hydroxylation is 1. The SMILES string of the molecule is CCN1CCCC1Cc1nc(CCC(=O)O)no1. The first-order valence-corrected chi connectivity index (χ1v) is 6.46. The van der Waals surface area contributed by atoms with E-state index in [0.717, 1.165) is 19.5 Å². The molecule has 0 saturated carbocycles. The van der Waals surface area contributed by atoms with Crippen molar-refractivity contribution in [2.45, 2.75) is 45.1 Å². The van der Waals surface area contributed by atoms with Gasteiger partial charge in [0, 0.05) is 18.9 Å². The molecule has 1 atom stereocenters. The van der Waals surface area contributed by atoms with Crippen molar-refractivity contribution in [2.75, 3.05) is 13.1 Å². The third kappa shape index (κ3) is 3.29. The van der Waals surface area contributed by atoms with Gasteiger partial charge >= 0.3 is 5.97 Å². The van der Waals surface area contributed by atoms with Crippen LogP contribution in [-0.2, 0) is 17.6 Å². The monoisotopic (exact) mass is 253 g/mol. The number of likely N-dealkylation sites (tertiary alicyclic amines) is 1. The molecule has 0 aromatic carbocycles. The molecule has 0 spiro atoms. The molecule has 0 aliphatic carbocycles. The van der Waals surface area contributed by atoms with Crippen LogP contribution in [0.4, 0.5) is 0 Å². The lowest BCUT2D eigenvalue weighted by Crippen LogP contribution is -2.30. The van der Waals surface area contributed by atoms with Gasteiger partial charge < -0.3 is 14.5 Å². The number of rotatable bonds is 6. The fraction of sp³-hybridized carbons (Fsp3) is 0.750. The van der Waals surface area contributed by atoms with Crippen LogP contribution in [0, 0.1) is 0 Å². The number of aromatic nitrogens is 2. The van der Waals surface area contributed by atoms with E-state index < -0.39 is 5.97 Å². The Labute approximate surface area is 106 Å². The van der Waals surface area contributed by atoms with E-state index in [0.29, 0.717) is 24.2 Å². The normalized spacial score (nSPS) is 20.4. The van der Waals surface area contributed by atoms with E-state index in [2.05, 4.69) is 22.0 Å². The average molecular weight is 253 g/mol. The smallest absolute Gasteiger partial charge is 0.303 e. The van der Waals surface area contributed by atoms with Crippen LogP contribution in [0.5, 0.6) is 0 Å². The van der Waals surface area contributed by atoms with E-state index in [9.17, 15) is 4.79 Å². The van der Waals surface area contributed by atoms with Crippen molar-refractivity contribution < 1.29 is 14.4 Å². The standard InChI is InChI=1S/C12H19N3O3/c1-2-15-7-3-4-9(15)8-11-13-10(14-18-11)5-6-12(16)17/h9H,2-8H2,1H3,(H,16,17). The second-order valence-electron chi connectivity index (χ2n) is 4.63. The van der Waals surface area contributed by atoms with Gasteiger partial charge in [0.2, 0.25) is 5.89 Å². The van der Waals surface area contributed by atoms with Gasteiger partial charge in [-0.25, -0.2) is 0 Å². The Balaban J connectivity index is 1.88. The Kier molecular flexibility index (Phi) is 4.30. The minimum absolute atomic E-state index is 0.0451. The molecule has 1 aromatic heterocycles. The predicted octanol–water partition coefficient (Wildman–Crippen LogP) is 1.11. The van der Waals surface area contributed by atoms with Crippen LogP contribution in [0.1, 0.15) is 37.9 Å². The van der Waals surface area contributed by atoms with Gasteiger partial charge in [0.1, 0.15) is 0 Å². The molecule has 2 rings (SSSR count). The maximum atomic E-state index is 10.4. The molecule has 0 bridgehead atoms. The van der Waals surface area contributed by atoms with Gasteiger partial charge in [-0.05, 0) is 25.9 Å². The van der Waals surface area contributed by atoms with E-state index in [4.69, 9.17) is 9.63 Å². The first-order valence-electron chi connectivity index (χ1n) is 6.46. The number of hydrogen-bond acceptors (Lipinski definition) is 5. The Morgan fingerprint density at radius 3 is 3.17 bits per heavy atom. The molecule has 2 heterocycles.